The van der Waals surface area contributed by atoms with Crippen LogP contribution >= 0.6 is 0 Å². The second kappa shape index (κ2) is 6.89. The summed E-state index contributed by atoms with van der Waals surface area (Å²) in [5.74, 6) is -0.978. The largest absolute Gasteiger partial charge is 0.481 e. The molecule has 0 aliphatic heterocycles. The van der Waals surface area contributed by atoms with E-state index in [4.69, 9.17) is 0 Å². The summed E-state index contributed by atoms with van der Waals surface area (Å²) in [6.45, 7) is 11.1. The third kappa shape index (κ3) is 4.82. The Balaban J connectivity index is 4.47. The number of carboxylic acids is 1. The Labute approximate surface area is 116 Å². The fraction of sp³-hybridized carbons (Fsp3) is 0.857. The first-order valence-corrected chi connectivity index (χ1v) is 6.86. The van der Waals surface area contributed by atoms with E-state index in [0.717, 1.165) is 12.8 Å². The van der Waals surface area contributed by atoms with Crippen LogP contribution in [0.3, 0.4) is 0 Å². The second-order valence-electron chi connectivity index (χ2n) is 5.99. The van der Waals surface area contributed by atoms with Crippen molar-refractivity contribution in [3.05, 3.63) is 0 Å². The smallest absolute Gasteiger partial charge is 0.310 e. The normalized spacial score (nSPS) is 12.6. The fourth-order valence-electron chi connectivity index (χ4n) is 1.56. The van der Waals surface area contributed by atoms with E-state index < -0.39 is 16.9 Å². The third-order valence-electron chi connectivity index (χ3n) is 4.14. The van der Waals surface area contributed by atoms with E-state index in [9.17, 15) is 14.7 Å². The average molecular weight is 272 g/mol. The van der Waals surface area contributed by atoms with Crippen molar-refractivity contribution in [2.45, 2.75) is 66.0 Å². The lowest BCUT2D eigenvalue weighted by Gasteiger charge is -2.39. The van der Waals surface area contributed by atoms with E-state index in [1.54, 1.807) is 27.7 Å². The van der Waals surface area contributed by atoms with Gasteiger partial charge in [-0.1, -0.05) is 13.8 Å². The zero-order valence-electron chi connectivity index (χ0n) is 13.0. The topological polar surface area (TPSA) is 78.4 Å². The predicted octanol–water partition coefficient (Wildman–Crippen LogP) is 1.77. The lowest BCUT2D eigenvalue weighted by Crippen LogP contribution is -2.57. The molecule has 5 heteroatoms. The molecular weight excluding hydrogens is 244 g/mol. The van der Waals surface area contributed by atoms with Gasteiger partial charge in [-0.15, -0.1) is 0 Å². The zero-order chi connectivity index (χ0) is 15.3. The number of carbonyl (C=O) groups is 2. The molecule has 3 N–H and O–H groups in total. The van der Waals surface area contributed by atoms with Crippen molar-refractivity contribution in [3.63, 3.8) is 0 Å². The summed E-state index contributed by atoms with van der Waals surface area (Å²) >= 11 is 0. The molecule has 0 aromatic rings. The van der Waals surface area contributed by atoms with E-state index in [1.807, 2.05) is 13.8 Å². The quantitative estimate of drug-likeness (QED) is 0.629. The molecule has 0 saturated carbocycles. The molecular formula is C14H28N2O3. The van der Waals surface area contributed by atoms with Crippen LogP contribution in [0.1, 0.15) is 54.4 Å². The molecule has 0 heterocycles. The van der Waals surface area contributed by atoms with Gasteiger partial charge in [-0.3, -0.25) is 9.59 Å². The molecule has 0 radical (unpaired) electrons. The van der Waals surface area contributed by atoms with Crippen molar-refractivity contribution in [2.75, 3.05) is 6.54 Å². The summed E-state index contributed by atoms with van der Waals surface area (Å²) in [6.07, 6.45) is 1.79. The molecule has 0 aliphatic rings. The van der Waals surface area contributed by atoms with Gasteiger partial charge in [0.15, 0.2) is 0 Å². The summed E-state index contributed by atoms with van der Waals surface area (Å²) in [4.78, 5) is 23.0. The van der Waals surface area contributed by atoms with Gasteiger partial charge in [0.05, 0.1) is 12.0 Å². The van der Waals surface area contributed by atoms with Gasteiger partial charge < -0.3 is 15.7 Å². The number of hydrogen-bond acceptors (Lipinski definition) is 3. The number of carbonyl (C=O) groups excluding carboxylic acids is 1. The van der Waals surface area contributed by atoms with Crippen LogP contribution < -0.4 is 10.6 Å². The Kier molecular flexibility index (Phi) is 6.49. The van der Waals surface area contributed by atoms with Crippen molar-refractivity contribution in [1.29, 1.82) is 0 Å². The number of hydrogen-bond donors (Lipinski definition) is 3. The molecule has 0 spiro atoms. The van der Waals surface area contributed by atoms with Crippen molar-refractivity contribution >= 4 is 11.9 Å². The van der Waals surface area contributed by atoms with Gasteiger partial charge in [-0.2, -0.15) is 0 Å². The van der Waals surface area contributed by atoms with E-state index in [1.165, 1.54) is 0 Å². The molecule has 0 aliphatic carbocycles. The molecule has 0 fully saturated rings. The molecule has 5 nitrogen and oxygen atoms in total. The summed E-state index contributed by atoms with van der Waals surface area (Å²) in [6, 6.07) is 0.185. The van der Waals surface area contributed by atoms with Crippen LogP contribution in [0.15, 0.2) is 0 Å². The third-order valence-corrected chi connectivity index (χ3v) is 4.14. The van der Waals surface area contributed by atoms with Crippen LogP contribution in [0.4, 0.5) is 0 Å². The van der Waals surface area contributed by atoms with E-state index >= 15 is 0 Å². The minimum absolute atomic E-state index is 0.0945. The maximum absolute atomic E-state index is 11.8. The van der Waals surface area contributed by atoms with Crippen LogP contribution in [0.2, 0.25) is 0 Å². The minimum Gasteiger partial charge on any atom is -0.481 e. The van der Waals surface area contributed by atoms with Gasteiger partial charge in [0.1, 0.15) is 0 Å². The van der Waals surface area contributed by atoms with E-state index in [2.05, 4.69) is 10.6 Å². The molecule has 0 rings (SSSR count). The number of aliphatic carboxylic acids is 1. The minimum atomic E-state index is -0.956. The first-order chi connectivity index (χ1) is 8.58. The van der Waals surface area contributed by atoms with Crippen LogP contribution in [0.5, 0.6) is 0 Å². The van der Waals surface area contributed by atoms with E-state index in [0.29, 0.717) is 0 Å². The Morgan fingerprint density at radius 1 is 1.11 bits per heavy atom. The second-order valence-corrected chi connectivity index (χ2v) is 5.99. The lowest BCUT2D eigenvalue weighted by atomic mass is 9.74. The Hall–Kier alpha value is -1.10. The van der Waals surface area contributed by atoms with Crippen LogP contribution in [-0.2, 0) is 9.59 Å². The highest BCUT2D eigenvalue weighted by Crippen LogP contribution is 2.30. The van der Waals surface area contributed by atoms with Gasteiger partial charge >= 0.3 is 5.97 Å². The van der Waals surface area contributed by atoms with Crippen molar-refractivity contribution in [2.24, 2.45) is 5.41 Å². The first kappa shape index (κ1) is 17.9. The number of rotatable bonds is 8. The molecule has 0 aromatic heterocycles. The highest BCUT2D eigenvalue weighted by molar-refractivity contribution is 5.79. The van der Waals surface area contributed by atoms with Gasteiger partial charge in [0.2, 0.25) is 5.91 Å². The van der Waals surface area contributed by atoms with Gasteiger partial charge in [-0.05, 0) is 40.5 Å². The molecule has 19 heavy (non-hydrogen) atoms. The first-order valence-electron chi connectivity index (χ1n) is 6.86. The predicted molar refractivity (Wildman–Crippen MR) is 76.0 cm³/mol. The summed E-state index contributed by atoms with van der Waals surface area (Å²) in [5, 5.41) is 15.2. The highest BCUT2D eigenvalue weighted by atomic mass is 16.4. The number of carboxylic acid groups (broad SMARTS) is 1. The van der Waals surface area contributed by atoms with Crippen LogP contribution in [-0.4, -0.2) is 35.1 Å². The molecule has 0 unspecified atom stereocenters. The molecule has 0 saturated heterocycles. The maximum atomic E-state index is 11.8. The number of nitrogens with one attached hydrogen (secondary N) is 2. The standard InChI is InChI=1S/C14H28N2O3/c1-7-10(8-2)16-11(17)9-15-14(5,6)13(3,4)12(18)19/h10,15H,7-9H2,1-6H3,(H,16,17)(H,18,19). The van der Waals surface area contributed by atoms with Crippen molar-refractivity contribution in [1.82, 2.24) is 10.6 Å². The zero-order valence-corrected chi connectivity index (χ0v) is 13.0. The SMILES string of the molecule is CCC(CC)NC(=O)CNC(C)(C)C(C)(C)C(=O)O. The lowest BCUT2D eigenvalue weighted by molar-refractivity contribution is -0.151. The molecule has 1 amide bonds. The average Bonchev–Trinajstić information content (AvgIpc) is 2.33. The number of amides is 1. The Bertz CT molecular complexity index is 321. The summed E-state index contributed by atoms with van der Waals surface area (Å²) in [5.41, 5.74) is -1.63. The summed E-state index contributed by atoms with van der Waals surface area (Å²) < 4.78 is 0. The fourth-order valence-corrected chi connectivity index (χ4v) is 1.56. The maximum Gasteiger partial charge on any atom is 0.310 e. The highest BCUT2D eigenvalue weighted by Gasteiger charge is 2.43. The van der Waals surface area contributed by atoms with Gasteiger partial charge in [0.25, 0.3) is 0 Å². The Morgan fingerprint density at radius 3 is 1.95 bits per heavy atom. The monoisotopic (exact) mass is 272 g/mol. The van der Waals surface area contributed by atoms with Crippen molar-refractivity contribution < 1.29 is 14.7 Å². The van der Waals surface area contributed by atoms with Crippen molar-refractivity contribution in [3.8, 4) is 0 Å². The molecule has 0 atom stereocenters. The van der Waals surface area contributed by atoms with Crippen LogP contribution in [0.25, 0.3) is 0 Å². The van der Waals surface area contributed by atoms with E-state index in [-0.39, 0.29) is 18.5 Å². The summed E-state index contributed by atoms with van der Waals surface area (Å²) in [7, 11) is 0. The van der Waals surface area contributed by atoms with Crippen LogP contribution in [0, 0.1) is 5.41 Å². The van der Waals surface area contributed by atoms with Gasteiger partial charge in [-0.25, -0.2) is 0 Å². The van der Waals surface area contributed by atoms with Gasteiger partial charge in [0, 0.05) is 11.6 Å². The molecule has 0 bridgehead atoms. The molecule has 0 aromatic carbocycles. The Morgan fingerprint density at radius 2 is 1.58 bits per heavy atom. The molecule has 112 valence electrons.